The van der Waals surface area contributed by atoms with Crippen LogP contribution < -0.4 is 16.4 Å². The Kier molecular flexibility index (Phi) is 8.45. The van der Waals surface area contributed by atoms with Crippen LogP contribution in [0.3, 0.4) is 0 Å². The van der Waals surface area contributed by atoms with E-state index in [4.69, 9.17) is 4.98 Å². The lowest BCUT2D eigenvalue weighted by molar-refractivity contribution is 1.21. The van der Waals surface area contributed by atoms with E-state index in [9.17, 15) is 0 Å². The highest BCUT2D eigenvalue weighted by atomic mass is 14.8. The summed E-state index contributed by atoms with van der Waals surface area (Å²) in [5.41, 5.74) is 16.9. The minimum Gasteiger partial charge on any atom is -0.255 e. The van der Waals surface area contributed by atoms with Crippen molar-refractivity contribution >= 4 is 23.1 Å². The molecule has 3 heterocycles. The van der Waals surface area contributed by atoms with Gasteiger partial charge in [0.05, 0.1) is 22.8 Å². The summed E-state index contributed by atoms with van der Waals surface area (Å²) in [5, 5.41) is 0. The molecular weight excluding hydrogens is 545 g/mol. The number of pyridine rings is 3. The van der Waals surface area contributed by atoms with Gasteiger partial charge in [-0.25, -0.2) is 4.98 Å². The van der Waals surface area contributed by atoms with Gasteiger partial charge in [0, 0.05) is 23.5 Å². The Morgan fingerprint density at radius 1 is 0.467 bits per heavy atom. The number of benzene rings is 3. The van der Waals surface area contributed by atoms with Crippen LogP contribution in [0.4, 0.5) is 0 Å². The van der Waals surface area contributed by atoms with Gasteiger partial charge in [-0.3, -0.25) is 9.97 Å². The van der Waals surface area contributed by atoms with Crippen LogP contribution in [0.2, 0.25) is 0 Å². The molecule has 3 nitrogen and oxygen atoms in total. The third-order valence-electron chi connectivity index (χ3n) is 8.33. The van der Waals surface area contributed by atoms with Crippen LogP contribution in [0.5, 0.6) is 0 Å². The molecule has 6 rings (SSSR count). The number of rotatable bonds is 5. The Balaban J connectivity index is 1.41. The first-order chi connectivity index (χ1) is 21.8. The van der Waals surface area contributed by atoms with E-state index in [0.717, 1.165) is 33.9 Å². The second-order valence-corrected chi connectivity index (χ2v) is 12.0. The molecule has 4 heteroatoms. The maximum Gasteiger partial charge on any atom is 0.242 e. The monoisotopic (exact) mass is 581 g/mol. The van der Waals surface area contributed by atoms with Gasteiger partial charge in [-0.15, -0.1) is 0 Å². The van der Waals surface area contributed by atoms with Crippen molar-refractivity contribution in [1.29, 1.82) is 0 Å². The van der Waals surface area contributed by atoms with Gasteiger partial charge < -0.3 is 0 Å². The van der Waals surface area contributed by atoms with Gasteiger partial charge >= 0.3 is 0 Å². The van der Waals surface area contributed by atoms with Crippen molar-refractivity contribution < 1.29 is 0 Å². The molecule has 3 aromatic heterocycles. The Morgan fingerprint density at radius 2 is 0.911 bits per heavy atom. The van der Waals surface area contributed by atoms with E-state index in [0.29, 0.717) is 0 Å². The van der Waals surface area contributed by atoms with Gasteiger partial charge in [0.2, 0.25) is 6.71 Å². The molecule has 0 aliphatic carbocycles. The topological polar surface area (TPSA) is 38.7 Å². The zero-order chi connectivity index (χ0) is 31.5. The molecule has 0 aliphatic rings. The molecule has 0 radical (unpaired) electrons. The Hall–Kier alpha value is -5.27. The molecule has 45 heavy (non-hydrogen) atoms. The van der Waals surface area contributed by atoms with E-state index in [1.807, 2.05) is 48.5 Å². The van der Waals surface area contributed by atoms with Gasteiger partial charge in [-0.1, -0.05) is 110 Å². The Bertz CT molecular complexity index is 1890. The van der Waals surface area contributed by atoms with E-state index >= 15 is 0 Å². The highest BCUT2D eigenvalue weighted by Gasteiger charge is 2.28. The second kappa shape index (κ2) is 12.8. The van der Waals surface area contributed by atoms with Crippen molar-refractivity contribution in [2.45, 2.75) is 41.5 Å². The fourth-order valence-corrected chi connectivity index (χ4v) is 6.57. The van der Waals surface area contributed by atoms with Crippen molar-refractivity contribution in [2.75, 3.05) is 0 Å². The minimum atomic E-state index is 0.135. The summed E-state index contributed by atoms with van der Waals surface area (Å²) < 4.78 is 0. The van der Waals surface area contributed by atoms with Crippen LogP contribution in [-0.4, -0.2) is 21.7 Å². The molecule has 0 aliphatic heterocycles. The standard InChI is InChI=1S/C41H36BN3/c1-27-21-29(3)40(30(4)22-27)42(41-31(5)23-28(2)24-32(41)6)35-17-15-33(16-18-35)13-14-34-25-38(36-11-7-9-19-43-36)45-39(26-34)37-12-8-10-20-44-37/h7-12,15-26H,1-6H3. The normalized spacial score (nSPS) is 10.7. The summed E-state index contributed by atoms with van der Waals surface area (Å²) in [7, 11) is 0. The first kappa shape index (κ1) is 29.8. The maximum atomic E-state index is 4.86. The fourth-order valence-electron chi connectivity index (χ4n) is 6.57. The largest absolute Gasteiger partial charge is 0.255 e. The number of aromatic nitrogens is 3. The van der Waals surface area contributed by atoms with Crippen LogP contribution in [0.1, 0.15) is 44.5 Å². The van der Waals surface area contributed by atoms with Gasteiger partial charge in [0.1, 0.15) is 0 Å². The average Bonchev–Trinajstić information content (AvgIpc) is 3.03. The molecule has 0 saturated heterocycles. The van der Waals surface area contributed by atoms with Crippen molar-refractivity contribution in [2.24, 2.45) is 0 Å². The third kappa shape index (κ3) is 6.49. The number of hydrogen-bond donors (Lipinski definition) is 0. The van der Waals surface area contributed by atoms with E-state index < -0.39 is 0 Å². The SMILES string of the molecule is Cc1cc(C)c(B(c2ccc(C#Cc3cc(-c4ccccn4)nc(-c4ccccn4)c3)cc2)c2c(C)cc(C)cc2C)c(C)c1. The smallest absolute Gasteiger partial charge is 0.242 e. The zero-order valence-corrected chi connectivity index (χ0v) is 26.8. The Morgan fingerprint density at radius 3 is 1.33 bits per heavy atom. The molecular formula is C41H36BN3. The summed E-state index contributed by atoms with van der Waals surface area (Å²) in [6.07, 6.45) is 3.56. The van der Waals surface area contributed by atoms with E-state index in [1.54, 1.807) is 12.4 Å². The van der Waals surface area contributed by atoms with Gasteiger partial charge in [-0.05, 0) is 90.1 Å². The highest BCUT2D eigenvalue weighted by Crippen LogP contribution is 2.22. The van der Waals surface area contributed by atoms with Crippen LogP contribution in [-0.2, 0) is 0 Å². The number of hydrogen-bond acceptors (Lipinski definition) is 3. The predicted molar refractivity (Wildman–Crippen MR) is 189 cm³/mol. The van der Waals surface area contributed by atoms with Crippen LogP contribution in [0.25, 0.3) is 22.8 Å². The summed E-state index contributed by atoms with van der Waals surface area (Å²) in [5.74, 6) is 6.80. The number of nitrogens with zero attached hydrogens (tertiary/aromatic N) is 3. The molecule has 0 bridgehead atoms. The van der Waals surface area contributed by atoms with E-state index in [-0.39, 0.29) is 6.71 Å². The molecule has 0 atom stereocenters. The highest BCUT2D eigenvalue weighted by molar-refractivity contribution is 6.96. The zero-order valence-electron chi connectivity index (χ0n) is 26.8. The third-order valence-corrected chi connectivity index (χ3v) is 8.33. The van der Waals surface area contributed by atoms with Gasteiger partial charge in [-0.2, -0.15) is 0 Å². The lowest BCUT2D eigenvalue weighted by Crippen LogP contribution is -2.55. The molecule has 0 spiro atoms. The predicted octanol–water partition coefficient (Wildman–Crippen LogP) is 6.97. The van der Waals surface area contributed by atoms with Gasteiger partial charge in [0.15, 0.2) is 0 Å². The molecule has 218 valence electrons. The summed E-state index contributed by atoms with van der Waals surface area (Å²) >= 11 is 0. The van der Waals surface area contributed by atoms with Crippen molar-refractivity contribution in [3.8, 4) is 34.6 Å². The van der Waals surface area contributed by atoms with Crippen LogP contribution in [0.15, 0.2) is 109 Å². The summed E-state index contributed by atoms with van der Waals surface area (Å²) in [6, 6.07) is 33.7. The lowest BCUT2D eigenvalue weighted by Gasteiger charge is -2.24. The second-order valence-electron chi connectivity index (χ2n) is 12.0. The Labute approximate surface area is 267 Å². The molecule has 3 aromatic carbocycles. The van der Waals surface area contributed by atoms with Crippen LogP contribution in [0, 0.1) is 53.4 Å². The summed E-state index contributed by atoms with van der Waals surface area (Å²) in [6.45, 7) is 13.5. The molecule has 0 unspecified atom stereocenters. The van der Waals surface area contributed by atoms with Gasteiger partial charge in [0.25, 0.3) is 0 Å². The van der Waals surface area contributed by atoms with Crippen molar-refractivity contribution in [1.82, 2.24) is 15.0 Å². The molecule has 0 amide bonds. The van der Waals surface area contributed by atoms with E-state index in [2.05, 4.69) is 112 Å². The molecule has 6 aromatic rings. The maximum absolute atomic E-state index is 4.86. The van der Waals surface area contributed by atoms with Crippen molar-refractivity contribution in [3.63, 3.8) is 0 Å². The first-order valence-corrected chi connectivity index (χ1v) is 15.4. The fraction of sp³-hybridized carbons (Fsp3) is 0.146. The van der Waals surface area contributed by atoms with Crippen LogP contribution >= 0.6 is 0 Å². The number of aryl methyl sites for hydroxylation is 6. The average molecular weight is 582 g/mol. The molecule has 0 fully saturated rings. The quantitative estimate of drug-likeness (QED) is 0.163. The summed E-state index contributed by atoms with van der Waals surface area (Å²) in [4.78, 5) is 13.9. The minimum absolute atomic E-state index is 0.135. The van der Waals surface area contributed by atoms with E-state index in [1.165, 1.54) is 49.8 Å². The molecule has 0 saturated carbocycles. The molecule has 0 N–H and O–H groups in total. The first-order valence-electron chi connectivity index (χ1n) is 15.4. The van der Waals surface area contributed by atoms with Crippen molar-refractivity contribution in [3.05, 3.63) is 154 Å². The lowest BCUT2D eigenvalue weighted by atomic mass is 9.34.